The average molecular weight is 298 g/mol. The second-order valence-corrected chi connectivity index (χ2v) is 5.72. The van der Waals surface area contributed by atoms with Gasteiger partial charge in [-0.05, 0) is 33.1 Å². The summed E-state index contributed by atoms with van der Waals surface area (Å²) in [5, 5.41) is 4.89. The van der Waals surface area contributed by atoms with Crippen LogP contribution in [0.15, 0.2) is 6.07 Å². The third kappa shape index (κ3) is 3.81. The lowest BCUT2D eigenvalue weighted by atomic mass is 10.00. The molecule has 1 saturated heterocycles. The van der Waals surface area contributed by atoms with Gasteiger partial charge in [0.15, 0.2) is 23.3 Å². The van der Waals surface area contributed by atoms with E-state index in [4.69, 9.17) is 0 Å². The molecule has 6 heteroatoms. The molecular weight excluding hydrogens is 274 g/mol. The van der Waals surface area contributed by atoms with Gasteiger partial charge in [-0.1, -0.05) is 13.3 Å². The second kappa shape index (κ2) is 7.02. The van der Waals surface area contributed by atoms with E-state index in [0.29, 0.717) is 18.6 Å². The molecule has 1 fully saturated rings. The molecule has 118 valence electrons. The summed E-state index contributed by atoms with van der Waals surface area (Å²) in [5.74, 6) is -1.15. The summed E-state index contributed by atoms with van der Waals surface area (Å²) in [6.45, 7) is 6.77. The van der Waals surface area contributed by atoms with Gasteiger partial charge in [-0.2, -0.15) is 0 Å². The fraction of sp³-hybridized carbons (Fsp3) is 0.667. The third-order valence-corrected chi connectivity index (χ3v) is 3.90. The van der Waals surface area contributed by atoms with Crippen LogP contribution in [0.5, 0.6) is 0 Å². The fourth-order valence-corrected chi connectivity index (χ4v) is 2.68. The van der Waals surface area contributed by atoms with Crippen LogP contribution in [0, 0.1) is 11.6 Å². The number of hydrogen-bond donors (Lipinski definition) is 2. The first-order valence-electron chi connectivity index (χ1n) is 7.67. The monoisotopic (exact) mass is 298 g/mol. The Kier molecular flexibility index (Phi) is 5.33. The minimum atomic E-state index is -0.667. The van der Waals surface area contributed by atoms with E-state index in [1.165, 1.54) is 6.42 Å². The number of piperidine rings is 1. The number of hydrazine groups is 1. The predicted molar refractivity (Wildman–Crippen MR) is 81.2 cm³/mol. The second-order valence-electron chi connectivity index (χ2n) is 5.72. The van der Waals surface area contributed by atoms with Crippen molar-refractivity contribution in [1.82, 2.24) is 9.99 Å². The maximum atomic E-state index is 13.9. The van der Waals surface area contributed by atoms with Crippen LogP contribution in [0.4, 0.5) is 20.4 Å². The Morgan fingerprint density at radius 2 is 1.81 bits per heavy atom. The molecule has 0 amide bonds. The van der Waals surface area contributed by atoms with Crippen LogP contribution in [-0.2, 0) is 0 Å². The predicted octanol–water partition coefficient (Wildman–Crippen LogP) is 3.77. The Labute approximate surface area is 124 Å². The summed E-state index contributed by atoms with van der Waals surface area (Å²) < 4.78 is 27.6. The molecule has 2 heterocycles. The summed E-state index contributed by atoms with van der Waals surface area (Å²) >= 11 is 0. The normalized spacial score (nSPS) is 23.1. The lowest BCUT2D eigenvalue weighted by molar-refractivity contribution is 0.134. The lowest BCUT2D eigenvalue weighted by Gasteiger charge is -2.39. The van der Waals surface area contributed by atoms with Crippen LogP contribution < -0.4 is 10.7 Å². The van der Waals surface area contributed by atoms with Crippen molar-refractivity contribution in [3.8, 4) is 0 Å². The summed E-state index contributed by atoms with van der Waals surface area (Å²) in [6.07, 6.45) is 4.13. The standard InChI is InChI=1S/C15H24F2N4/c1-4-8-18-14-12(16)9-13(17)15(19-14)20-21-10(2)6-5-7-11(21)3/h9-11H,4-8H2,1-3H3,(H2,18,19,20). The van der Waals surface area contributed by atoms with E-state index in [9.17, 15) is 8.78 Å². The van der Waals surface area contributed by atoms with Gasteiger partial charge in [-0.15, -0.1) is 0 Å². The zero-order valence-electron chi connectivity index (χ0n) is 12.9. The van der Waals surface area contributed by atoms with Gasteiger partial charge in [-0.25, -0.2) is 18.8 Å². The van der Waals surface area contributed by atoms with Crippen molar-refractivity contribution in [3.63, 3.8) is 0 Å². The van der Waals surface area contributed by atoms with E-state index in [1.54, 1.807) is 0 Å². The van der Waals surface area contributed by atoms with Gasteiger partial charge in [0, 0.05) is 24.7 Å². The van der Waals surface area contributed by atoms with Gasteiger partial charge in [0.2, 0.25) is 0 Å². The van der Waals surface area contributed by atoms with Crippen molar-refractivity contribution >= 4 is 11.6 Å². The number of hydrogen-bond acceptors (Lipinski definition) is 4. The van der Waals surface area contributed by atoms with Gasteiger partial charge in [0.05, 0.1) is 0 Å². The van der Waals surface area contributed by atoms with Gasteiger partial charge >= 0.3 is 0 Å². The van der Waals surface area contributed by atoms with Gasteiger partial charge < -0.3 is 10.7 Å². The number of nitrogens with zero attached hydrogens (tertiary/aromatic N) is 2. The zero-order valence-corrected chi connectivity index (χ0v) is 12.9. The number of halogens is 2. The SMILES string of the molecule is CCCNc1nc(NN2C(C)CCCC2C)c(F)cc1F. The van der Waals surface area contributed by atoms with E-state index in [2.05, 4.69) is 29.6 Å². The third-order valence-electron chi connectivity index (χ3n) is 3.90. The highest BCUT2D eigenvalue weighted by molar-refractivity contribution is 5.47. The molecule has 1 aliphatic heterocycles. The summed E-state index contributed by atoms with van der Waals surface area (Å²) in [4.78, 5) is 4.06. The molecule has 0 aromatic carbocycles. The quantitative estimate of drug-likeness (QED) is 0.868. The van der Waals surface area contributed by atoms with Gasteiger partial charge in [0.1, 0.15) is 0 Å². The Bertz CT molecular complexity index is 471. The van der Waals surface area contributed by atoms with E-state index in [0.717, 1.165) is 25.3 Å². The number of pyridine rings is 1. The van der Waals surface area contributed by atoms with Crippen molar-refractivity contribution in [2.45, 2.75) is 58.5 Å². The first-order chi connectivity index (χ1) is 10.0. The molecule has 21 heavy (non-hydrogen) atoms. The van der Waals surface area contributed by atoms with E-state index in [-0.39, 0.29) is 11.6 Å². The van der Waals surface area contributed by atoms with E-state index in [1.807, 2.05) is 11.9 Å². The lowest BCUT2D eigenvalue weighted by Crippen LogP contribution is -2.47. The molecule has 0 bridgehead atoms. The minimum absolute atomic E-state index is 0.0793. The number of anilines is 2. The topological polar surface area (TPSA) is 40.2 Å². The summed E-state index contributed by atoms with van der Waals surface area (Å²) in [7, 11) is 0. The molecule has 4 nitrogen and oxygen atoms in total. The van der Waals surface area contributed by atoms with Crippen LogP contribution in [0.25, 0.3) is 0 Å². The summed E-state index contributed by atoms with van der Waals surface area (Å²) in [6, 6.07) is 1.48. The minimum Gasteiger partial charge on any atom is -0.368 e. The fourth-order valence-electron chi connectivity index (χ4n) is 2.68. The first-order valence-corrected chi connectivity index (χ1v) is 7.67. The molecule has 2 atom stereocenters. The maximum Gasteiger partial charge on any atom is 0.179 e. The highest BCUT2D eigenvalue weighted by Crippen LogP contribution is 2.25. The van der Waals surface area contributed by atoms with Crippen molar-refractivity contribution in [2.75, 3.05) is 17.3 Å². The van der Waals surface area contributed by atoms with Gasteiger partial charge in [0.25, 0.3) is 0 Å². The highest BCUT2D eigenvalue weighted by atomic mass is 19.1. The molecule has 2 rings (SSSR count). The number of rotatable bonds is 5. The number of aromatic nitrogens is 1. The molecule has 2 unspecified atom stereocenters. The molecule has 1 aromatic rings. The van der Waals surface area contributed by atoms with Crippen molar-refractivity contribution in [2.24, 2.45) is 0 Å². The number of nitrogens with one attached hydrogen (secondary N) is 2. The van der Waals surface area contributed by atoms with Crippen LogP contribution >= 0.6 is 0 Å². The van der Waals surface area contributed by atoms with Crippen LogP contribution in [-0.4, -0.2) is 28.6 Å². The Balaban J connectivity index is 2.18. The van der Waals surface area contributed by atoms with Gasteiger partial charge in [-0.3, -0.25) is 0 Å². The van der Waals surface area contributed by atoms with E-state index >= 15 is 0 Å². The Morgan fingerprint density at radius 3 is 2.43 bits per heavy atom. The Hall–Kier alpha value is -1.43. The smallest absolute Gasteiger partial charge is 0.179 e. The molecular formula is C15H24F2N4. The largest absolute Gasteiger partial charge is 0.368 e. The van der Waals surface area contributed by atoms with Crippen LogP contribution in [0.1, 0.15) is 46.5 Å². The maximum absolute atomic E-state index is 13.9. The van der Waals surface area contributed by atoms with Crippen LogP contribution in [0.3, 0.4) is 0 Å². The molecule has 0 spiro atoms. The molecule has 1 aliphatic rings. The molecule has 2 N–H and O–H groups in total. The summed E-state index contributed by atoms with van der Waals surface area (Å²) in [5.41, 5.74) is 3.03. The van der Waals surface area contributed by atoms with Crippen molar-refractivity contribution < 1.29 is 8.78 Å². The zero-order chi connectivity index (χ0) is 15.4. The molecule has 0 radical (unpaired) electrons. The van der Waals surface area contributed by atoms with Crippen molar-refractivity contribution in [1.29, 1.82) is 0 Å². The molecule has 0 saturated carbocycles. The average Bonchev–Trinajstić information content (AvgIpc) is 2.44. The highest BCUT2D eigenvalue weighted by Gasteiger charge is 2.26. The van der Waals surface area contributed by atoms with Crippen molar-refractivity contribution in [3.05, 3.63) is 17.7 Å². The Morgan fingerprint density at radius 1 is 1.19 bits per heavy atom. The van der Waals surface area contributed by atoms with Crippen LogP contribution in [0.2, 0.25) is 0 Å². The van der Waals surface area contributed by atoms with E-state index < -0.39 is 11.6 Å². The molecule has 1 aromatic heterocycles. The first kappa shape index (κ1) is 15.9. The molecule has 0 aliphatic carbocycles.